The summed E-state index contributed by atoms with van der Waals surface area (Å²) in [6.45, 7) is 1.93. The van der Waals surface area contributed by atoms with E-state index in [1.54, 1.807) is 19.1 Å². The zero-order valence-corrected chi connectivity index (χ0v) is 13.7. The Morgan fingerprint density at radius 1 is 0.917 bits per heavy atom. The maximum atomic E-state index is 11.8. The van der Waals surface area contributed by atoms with Crippen molar-refractivity contribution in [2.45, 2.75) is 18.9 Å². The van der Waals surface area contributed by atoms with Crippen LogP contribution in [0, 0.1) is 0 Å². The van der Waals surface area contributed by atoms with E-state index < -0.39 is 17.4 Å². The molecule has 0 aliphatic heterocycles. The smallest absolute Gasteiger partial charge is 0.309 e. The van der Waals surface area contributed by atoms with E-state index in [1.165, 1.54) is 0 Å². The highest BCUT2D eigenvalue weighted by Crippen LogP contribution is 2.18. The van der Waals surface area contributed by atoms with Gasteiger partial charge in [0.25, 0.3) is 0 Å². The number of nitrogens with one attached hydrogen (secondary N) is 2. The molecule has 3 N–H and O–H groups in total. The molecule has 5 heteroatoms. The average Bonchev–Trinajstić information content (AvgIpc) is 2.61. The minimum absolute atomic E-state index is 0.0397. The fraction of sp³-hybridized carbons (Fsp3) is 0.263. The minimum Gasteiger partial charge on any atom is -0.384 e. The Balaban J connectivity index is 1.76. The van der Waals surface area contributed by atoms with Crippen molar-refractivity contribution >= 4 is 11.8 Å². The van der Waals surface area contributed by atoms with Gasteiger partial charge in [-0.25, -0.2) is 0 Å². The Kier molecular flexibility index (Phi) is 6.09. The molecule has 0 saturated heterocycles. The number of amides is 2. The van der Waals surface area contributed by atoms with Gasteiger partial charge in [-0.2, -0.15) is 0 Å². The average molecular weight is 326 g/mol. The molecule has 0 aliphatic rings. The van der Waals surface area contributed by atoms with E-state index in [0.29, 0.717) is 18.5 Å². The van der Waals surface area contributed by atoms with E-state index in [1.807, 2.05) is 48.5 Å². The van der Waals surface area contributed by atoms with Crippen molar-refractivity contribution in [2.24, 2.45) is 0 Å². The third kappa shape index (κ3) is 5.21. The zero-order valence-electron chi connectivity index (χ0n) is 13.7. The van der Waals surface area contributed by atoms with Gasteiger partial charge in [0.1, 0.15) is 5.60 Å². The Bertz CT molecular complexity index is 670. The first kappa shape index (κ1) is 17.7. The molecule has 0 saturated carbocycles. The SMILES string of the molecule is CC(O)(CNC(=O)C(=O)NCCc1ccccc1)c1ccccc1. The second-order valence-electron chi connectivity index (χ2n) is 5.81. The zero-order chi connectivity index (χ0) is 17.4. The number of aliphatic hydroxyl groups is 1. The number of carbonyl (C=O) groups is 2. The lowest BCUT2D eigenvalue weighted by Gasteiger charge is -2.24. The highest BCUT2D eigenvalue weighted by molar-refractivity contribution is 6.35. The molecule has 1 unspecified atom stereocenters. The summed E-state index contributed by atoms with van der Waals surface area (Å²) in [6, 6.07) is 18.7. The molecule has 0 aliphatic carbocycles. The molecule has 2 aromatic carbocycles. The van der Waals surface area contributed by atoms with Crippen molar-refractivity contribution in [1.29, 1.82) is 0 Å². The van der Waals surface area contributed by atoms with Gasteiger partial charge in [-0.1, -0.05) is 60.7 Å². The van der Waals surface area contributed by atoms with Gasteiger partial charge in [0.15, 0.2) is 0 Å². The second kappa shape index (κ2) is 8.26. The van der Waals surface area contributed by atoms with Crippen LogP contribution in [0.25, 0.3) is 0 Å². The van der Waals surface area contributed by atoms with Crippen LogP contribution < -0.4 is 10.6 Å². The molecule has 0 spiro atoms. The number of rotatable bonds is 6. The fourth-order valence-corrected chi connectivity index (χ4v) is 2.28. The normalized spacial score (nSPS) is 12.9. The van der Waals surface area contributed by atoms with Crippen molar-refractivity contribution in [3.8, 4) is 0 Å². The summed E-state index contributed by atoms with van der Waals surface area (Å²) >= 11 is 0. The van der Waals surface area contributed by atoms with Crippen LogP contribution in [0.1, 0.15) is 18.1 Å². The Labute approximate surface area is 141 Å². The summed E-state index contributed by atoms with van der Waals surface area (Å²) in [5.41, 5.74) is 0.529. The van der Waals surface area contributed by atoms with Crippen LogP contribution in [0.5, 0.6) is 0 Å². The standard InChI is InChI=1S/C19H22N2O3/c1-19(24,16-10-6-3-7-11-16)14-21-18(23)17(22)20-13-12-15-8-4-2-5-9-15/h2-11,24H,12-14H2,1H3,(H,20,22)(H,21,23). The van der Waals surface area contributed by atoms with Crippen molar-refractivity contribution in [3.05, 3.63) is 71.8 Å². The van der Waals surface area contributed by atoms with Crippen LogP contribution in [0.2, 0.25) is 0 Å². The van der Waals surface area contributed by atoms with Crippen molar-refractivity contribution in [3.63, 3.8) is 0 Å². The molecule has 2 amide bonds. The molecule has 2 aromatic rings. The van der Waals surface area contributed by atoms with Gasteiger partial charge in [0.2, 0.25) is 0 Å². The Hall–Kier alpha value is -2.66. The molecule has 24 heavy (non-hydrogen) atoms. The van der Waals surface area contributed by atoms with Crippen molar-refractivity contribution in [1.82, 2.24) is 10.6 Å². The van der Waals surface area contributed by atoms with Crippen LogP contribution in [-0.4, -0.2) is 30.0 Å². The number of carbonyl (C=O) groups excluding carboxylic acids is 2. The van der Waals surface area contributed by atoms with Crippen LogP contribution in [0.3, 0.4) is 0 Å². The first-order valence-corrected chi connectivity index (χ1v) is 7.87. The molecule has 0 aromatic heterocycles. The molecule has 0 heterocycles. The first-order chi connectivity index (χ1) is 11.5. The fourth-order valence-electron chi connectivity index (χ4n) is 2.28. The Morgan fingerprint density at radius 2 is 1.46 bits per heavy atom. The third-order valence-electron chi connectivity index (χ3n) is 3.74. The van der Waals surface area contributed by atoms with Crippen molar-refractivity contribution < 1.29 is 14.7 Å². The molecular weight excluding hydrogens is 304 g/mol. The maximum absolute atomic E-state index is 11.8. The van der Waals surface area contributed by atoms with E-state index in [0.717, 1.165) is 5.56 Å². The van der Waals surface area contributed by atoms with Gasteiger partial charge in [-0.05, 0) is 24.5 Å². The molecule has 0 radical (unpaired) electrons. The van der Waals surface area contributed by atoms with E-state index in [-0.39, 0.29) is 6.54 Å². The molecule has 1 atom stereocenters. The number of hydrogen-bond acceptors (Lipinski definition) is 3. The van der Waals surface area contributed by atoms with E-state index in [2.05, 4.69) is 10.6 Å². The van der Waals surface area contributed by atoms with Crippen LogP contribution in [-0.2, 0) is 21.6 Å². The quantitative estimate of drug-likeness (QED) is 0.702. The Morgan fingerprint density at radius 3 is 2.08 bits per heavy atom. The molecule has 126 valence electrons. The largest absolute Gasteiger partial charge is 0.384 e. The summed E-state index contributed by atoms with van der Waals surface area (Å²) in [4.78, 5) is 23.6. The maximum Gasteiger partial charge on any atom is 0.309 e. The topological polar surface area (TPSA) is 78.4 Å². The minimum atomic E-state index is -1.23. The monoisotopic (exact) mass is 326 g/mol. The molecule has 0 bridgehead atoms. The number of benzene rings is 2. The number of hydrogen-bond donors (Lipinski definition) is 3. The van der Waals surface area contributed by atoms with Crippen LogP contribution >= 0.6 is 0 Å². The van der Waals surface area contributed by atoms with Gasteiger partial charge in [0, 0.05) is 6.54 Å². The summed E-state index contributed by atoms with van der Waals surface area (Å²) in [5.74, 6) is -1.45. The molecule has 5 nitrogen and oxygen atoms in total. The predicted octanol–water partition coefficient (Wildman–Crippen LogP) is 1.37. The van der Waals surface area contributed by atoms with Gasteiger partial charge < -0.3 is 15.7 Å². The highest BCUT2D eigenvalue weighted by Gasteiger charge is 2.25. The van der Waals surface area contributed by atoms with Gasteiger partial charge in [-0.3, -0.25) is 9.59 Å². The lowest BCUT2D eigenvalue weighted by Crippen LogP contribution is -2.45. The van der Waals surface area contributed by atoms with E-state index in [4.69, 9.17) is 0 Å². The van der Waals surface area contributed by atoms with Crippen LogP contribution in [0.15, 0.2) is 60.7 Å². The van der Waals surface area contributed by atoms with Crippen LogP contribution in [0.4, 0.5) is 0 Å². The summed E-state index contributed by atoms with van der Waals surface area (Å²) < 4.78 is 0. The van der Waals surface area contributed by atoms with Gasteiger partial charge >= 0.3 is 11.8 Å². The van der Waals surface area contributed by atoms with E-state index in [9.17, 15) is 14.7 Å². The van der Waals surface area contributed by atoms with E-state index >= 15 is 0 Å². The molecule has 0 fully saturated rings. The predicted molar refractivity (Wildman–Crippen MR) is 92.2 cm³/mol. The summed E-state index contributed by atoms with van der Waals surface area (Å²) in [7, 11) is 0. The third-order valence-corrected chi connectivity index (χ3v) is 3.74. The highest BCUT2D eigenvalue weighted by atomic mass is 16.3. The first-order valence-electron chi connectivity index (χ1n) is 7.87. The summed E-state index contributed by atoms with van der Waals surface area (Å²) in [6.07, 6.45) is 0.654. The second-order valence-corrected chi connectivity index (χ2v) is 5.81. The van der Waals surface area contributed by atoms with Gasteiger partial charge in [0.05, 0.1) is 6.54 Å². The molecular formula is C19H22N2O3. The van der Waals surface area contributed by atoms with Gasteiger partial charge in [-0.15, -0.1) is 0 Å². The van der Waals surface area contributed by atoms with Crippen molar-refractivity contribution in [2.75, 3.05) is 13.1 Å². The summed E-state index contributed by atoms with van der Waals surface area (Å²) in [5, 5.41) is 15.4. The lowest BCUT2D eigenvalue weighted by atomic mass is 9.96. The lowest BCUT2D eigenvalue weighted by molar-refractivity contribution is -0.139. The molecule has 2 rings (SSSR count).